The fourth-order valence-corrected chi connectivity index (χ4v) is 2.36. The summed E-state index contributed by atoms with van der Waals surface area (Å²) in [6, 6.07) is 6.60. The van der Waals surface area contributed by atoms with Gasteiger partial charge in [-0.15, -0.1) is 0 Å². The van der Waals surface area contributed by atoms with Crippen LogP contribution in [-0.4, -0.2) is 11.1 Å². The summed E-state index contributed by atoms with van der Waals surface area (Å²) in [6.07, 6.45) is 6.86. The van der Waals surface area contributed by atoms with Crippen molar-refractivity contribution in [1.82, 2.24) is 0 Å². The zero-order chi connectivity index (χ0) is 20.1. The molecule has 0 fully saturated rings. The second kappa shape index (κ2) is 7.86. The molecule has 0 atom stereocenters. The summed E-state index contributed by atoms with van der Waals surface area (Å²) in [5.41, 5.74) is 5.20. The van der Waals surface area contributed by atoms with E-state index in [4.69, 9.17) is 6.48 Å². The van der Waals surface area contributed by atoms with E-state index in [1.807, 2.05) is 12.2 Å². The Kier molecular flexibility index (Phi) is 6.05. The molecule has 2 nitrogen and oxygen atoms in total. The summed E-state index contributed by atoms with van der Waals surface area (Å²) in [5.74, 6) is -0.937. The maximum atomic E-state index is 10.7. The van der Waals surface area contributed by atoms with Gasteiger partial charge in [0.1, 0.15) is 0 Å². The number of benzene rings is 1. The van der Waals surface area contributed by atoms with Crippen LogP contribution in [0.5, 0.6) is 0 Å². The van der Waals surface area contributed by atoms with Gasteiger partial charge in [0.25, 0.3) is 0 Å². The predicted molar refractivity (Wildman–Crippen MR) is 108 cm³/mol. The first kappa shape index (κ1) is 19.2. The van der Waals surface area contributed by atoms with Gasteiger partial charge in [0, 0.05) is 7.45 Å². The molecule has 0 heterocycles. The van der Waals surface area contributed by atoms with Gasteiger partial charge in [-0.1, -0.05) is 77.9 Å². The van der Waals surface area contributed by atoms with Crippen LogP contribution in [0.3, 0.4) is 0 Å². The molecule has 0 amide bonds. The van der Waals surface area contributed by atoms with E-state index in [9.17, 15) is 4.79 Å². The zero-order valence-corrected chi connectivity index (χ0v) is 16.6. The number of allylic oxidation sites excluding steroid dienone is 5. The fraction of sp³-hybridized carbons (Fsp3) is 0.435. The molecule has 1 aromatic carbocycles. The normalized spacial score (nSPS) is 14.8. The van der Waals surface area contributed by atoms with Gasteiger partial charge >= 0.3 is 5.97 Å². The van der Waals surface area contributed by atoms with Gasteiger partial charge in [0.2, 0.25) is 0 Å². The lowest BCUT2D eigenvalue weighted by Gasteiger charge is -2.26. The van der Waals surface area contributed by atoms with Crippen LogP contribution in [0.4, 0.5) is 0 Å². The molecular weight excluding hydrogens is 308 g/mol. The topological polar surface area (TPSA) is 37.3 Å². The van der Waals surface area contributed by atoms with Crippen molar-refractivity contribution in [3.63, 3.8) is 0 Å². The van der Waals surface area contributed by atoms with Crippen LogP contribution in [0.25, 0.3) is 5.57 Å². The lowest BCUT2D eigenvalue weighted by atomic mass is 9.79. The van der Waals surface area contributed by atoms with Crippen molar-refractivity contribution in [3.8, 4) is 0 Å². The van der Waals surface area contributed by atoms with Gasteiger partial charge in [-0.3, -0.25) is 0 Å². The monoisotopic (exact) mass is 341 g/mol. The Bertz CT molecular complexity index is 744. The van der Waals surface area contributed by atoms with E-state index in [0.29, 0.717) is 12.5 Å². The number of aliphatic carboxylic acids is 1. The molecule has 0 spiro atoms. The molecule has 0 radical (unpaired) electrons. The smallest absolute Gasteiger partial charge is 0.328 e. The van der Waals surface area contributed by atoms with E-state index in [-0.39, 0.29) is 10.8 Å². The van der Waals surface area contributed by atoms with Gasteiger partial charge in [0.15, 0.2) is 0 Å². The van der Waals surface area contributed by atoms with Crippen molar-refractivity contribution >= 4 is 11.5 Å². The van der Waals surface area contributed by atoms with E-state index in [0.717, 1.165) is 11.1 Å². The summed E-state index contributed by atoms with van der Waals surface area (Å²) in [4.78, 5) is 10.7. The van der Waals surface area contributed by atoms with Crippen molar-refractivity contribution in [3.05, 3.63) is 64.8 Å². The van der Waals surface area contributed by atoms with Gasteiger partial charge in [-0.05, 0) is 52.5 Å². The molecule has 0 aliphatic carbocycles. The summed E-state index contributed by atoms with van der Waals surface area (Å²) < 4.78 is 7.88. The molecule has 0 saturated heterocycles. The van der Waals surface area contributed by atoms with Crippen LogP contribution in [0.2, 0.25) is 0 Å². The maximum Gasteiger partial charge on any atom is 0.328 e. The van der Waals surface area contributed by atoms with Crippen LogP contribution in [-0.2, 0) is 15.6 Å². The first-order chi connectivity index (χ1) is 11.9. The van der Waals surface area contributed by atoms with Crippen LogP contribution in [0.15, 0.2) is 48.1 Å². The van der Waals surface area contributed by atoms with Crippen molar-refractivity contribution < 1.29 is 11.3 Å². The average Bonchev–Trinajstić information content (AvgIpc) is 2.52. The van der Waals surface area contributed by atoms with Crippen molar-refractivity contribution in [2.24, 2.45) is 0 Å². The average molecular weight is 342 g/mol. The molecule has 1 aromatic rings. The molecule has 1 N–H and O–H groups in total. The van der Waals surface area contributed by atoms with Gasteiger partial charge < -0.3 is 5.11 Å². The summed E-state index contributed by atoms with van der Waals surface area (Å²) in [5, 5.41) is 8.77. The van der Waals surface area contributed by atoms with Crippen molar-refractivity contribution in [1.29, 1.82) is 0 Å². The van der Waals surface area contributed by atoms with Crippen LogP contribution < -0.4 is 0 Å². The second-order valence-electron chi connectivity index (χ2n) is 8.37. The maximum absolute atomic E-state index is 10.7. The minimum Gasteiger partial charge on any atom is -0.478 e. The Morgan fingerprint density at radius 1 is 1.04 bits per heavy atom. The van der Waals surface area contributed by atoms with E-state index in [2.05, 4.69) is 59.7 Å². The van der Waals surface area contributed by atoms with Crippen LogP contribution in [0, 0.1) is 0 Å². The third kappa shape index (κ3) is 6.74. The Balaban J connectivity index is 3.34. The van der Waals surface area contributed by atoms with Crippen LogP contribution >= 0.6 is 0 Å². The van der Waals surface area contributed by atoms with Crippen LogP contribution in [0.1, 0.15) is 73.4 Å². The summed E-state index contributed by atoms with van der Waals surface area (Å²) in [6.45, 7) is 15.0. The minimum absolute atomic E-state index is 0.0276. The van der Waals surface area contributed by atoms with Gasteiger partial charge in [0.05, 0.1) is 0 Å². The highest BCUT2D eigenvalue weighted by molar-refractivity contribution is 5.81. The molecule has 2 heteroatoms. The third-order valence-corrected chi connectivity index (χ3v) is 4.09. The quantitative estimate of drug-likeness (QED) is 0.517. The highest BCUT2D eigenvalue weighted by Gasteiger charge is 2.20. The van der Waals surface area contributed by atoms with E-state index < -0.39 is 5.97 Å². The lowest BCUT2D eigenvalue weighted by molar-refractivity contribution is -0.131. The van der Waals surface area contributed by atoms with E-state index >= 15 is 0 Å². The molecule has 0 bridgehead atoms. The Morgan fingerprint density at radius 2 is 1.60 bits per heavy atom. The molecule has 136 valence electrons. The Labute approximate surface area is 154 Å². The minimum atomic E-state index is -0.937. The second-order valence-corrected chi connectivity index (χ2v) is 8.37. The van der Waals surface area contributed by atoms with Crippen molar-refractivity contribution in [2.75, 3.05) is 0 Å². The zero-order valence-electron chi connectivity index (χ0n) is 17.6. The first-order valence-electron chi connectivity index (χ1n) is 9.29. The molecule has 0 saturated carbocycles. The fourth-order valence-electron chi connectivity index (χ4n) is 2.36. The van der Waals surface area contributed by atoms with E-state index in [1.54, 1.807) is 13.0 Å². The number of carboxylic acids is 1. The number of rotatable bonds is 4. The Morgan fingerprint density at radius 3 is 2.08 bits per heavy atom. The molecule has 0 aliphatic rings. The standard InChI is InChI=1S/C23H32O2/c1-16(12-21(24)25)10-9-11-17(2)18-13-19(22(3,4)5)15-20(14-18)23(6,7)8/h9-15H,1-8H3,(H,24,25)/b10-9+,16-12+,17-11+/i3D. The van der Waals surface area contributed by atoms with E-state index in [1.165, 1.54) is 17.2 Å². The SMILES string of the molecule is [2H]CC(C)(C)c1cc(/C(C)=C/C=C/C(C)=C/C(=O)O)cc(C(C)(C)C)c1. The molecule has 1 rings (SSSR count). The van der Waals surface area contributed by atoms with Gasteiger partial charge in [-0.25, -0.2) is 4.79 Å². The number of carboxylic acid groups (broad SMARTS) is 1. The first-order valence-corrected chi connectivity index (χ1v) is 8.58. The van der Waals surface area contributed by atoms with Gasteiger partial charge in [-0.2, -0.15) is 0 Å². The lowest BCUT2D eigenvalue weighted by Crippen LogP contribution is -2.16. The molecule has 0 unspecified atom stereocenters. The number of hydrogen-bond acceptors (Lipinski definition) is 1. The Hall–Kier alpha value is -2.09. The summed E-state index contributed by atoms with van der Waals surface area (Å²) >= 11 is 0. The third-order valence-electron chi connectivity index (χ3n) is 4.09. The highest BCUT2D eigenvalue weighted by atomic mass is 16.4. The molecule has 25 heavy (non-hydrogen) atoms. The molecule has 0 aliphatic heterocycles. The number of carbonyl (C=O) groups is 1. The van der Waals surface area contributed by atoms with Crippen molar-refractivity contribution in [2.45, 2.75) is 66.2 Å². The molecular formula is C23H32O2. The highest BCUT2D eigenvalue weighted by Crippen LogP contribution is 2.32. The summed E-state index contributed by atoms with van der Waals surface area (Å²) in [7, 11) is 0. The number of hydrogen-bond donors (Lipinski definition) is 1. The molecule has 0 aromatic heterocycles. The largest absolute Gasteiger partial charge is 0.478 e. The predicted octanol–water partition coefficient (Wildman–Crippen LogP) is 6.27.